The first kappa shape index (κ1) is 30.6. The number of rotatable bonds is 10. The van der Waals surface area contributed by atoms with Crippen LogP contribution in [0.5, 0.6) is 0 Å². The van der Waals surface area contributed by atoms with Gasteiger partial charge in [0, 0.05) is 38.8 Å². The second-order valence-corrected chi connectivity index (χ2v) is 12.4. The molecule has 0 spiro atoms. The van der Waals surface area contributed by atoms with Gasteiger partial charge in [0.05, 0.1) is 29.0 Å². The third-order valence-electron chi connectivity index (χ3n) is 6.70. The number of carbonyl (C=O) groups is 3. The summed E-state index contributed by atoms with van der Waals surface area (Å²) in [6.07, 6.45) is 1.38. The van der Waals surface area contributed by atoms with Gasteiger partial charge >= 0.3 is 5.97 Å². The first-order valence-electron chi connectivity index (χ1n) is 13.3. The highest BCUT2D eigenvalue weighted by atomic mass is 32.2. The maximum Gasteiger partial charge on any atom is 0.347 e. The molecule has 1 aromatic carbocycles. The number of sulfonamides is 1. The van der Waals surface area contributed by atoms with Crippen molar-refractivity contribution in [3.8, 4) is 0 Å². The van der Waals surface area contributed by atoms with Crippen LogP contribution in [0.3, 0.4) is 0 Å². The average Bonchev–Trinajstić information content (AvgIpc) is 3.65. The SMILES string of the molecule is Cc1nc(Nc2nc(CC(=O)N3CCN(C(=O)c4ccco4)CC3)cc(NCc3ccc(S(N)(=O)=O)cc3)n2)sc1C(=O)O. The number of nitrogens with two attached hydrogens (primary N) is 1. The fraction of sp³-hybridized carbons (Fsp3) is 0.259. The molecule has 5 N–H and O–H groups in total. The van der Waals surface area contributed by atoms with Crippen LogP contribution in [-0.4, -0.2) is 82.2 Å². The van der Waals surface area contributed by atoms with E-state index in [1.54, 1.807) is 47.1 Å². The molecule has 5 rings (SSSR count). The van der Waals surface area contributed by atoms with Crippen LogP contribution in [0, 0.1) is 6.92 Å². The van der Waals surface area contributed by atoms with E-state index in [2.05, 4.69) is 25.6 Å². The van der Waals surface area contributed by atoms with Crippen LogP contribution in [0.15, 0.2) is 58.0 Å². The number of thiazole rings is 1. The third kappa shape index (κ3) is 7.36. The molecule has 4 heterocycles. The minimum Gasteiger partial charge on any atom is -0.477 e. The number of nitrogens with zero attached hydrogens (tertiary/aromatic N) is 5. The highest BCUT2D eigenvalue weighted by molar-refractivity contribution is 7.89. The summed E-state index contributed by atoms with van der Waals surface area (Å²) in [5.74, 6) is -0.815. The Morgan fingerprint density at radius 3 is 2.36 bits per heavy atom. The predicted molar refractivity (Wildman–Crippen MR) is 159 cm³/mol. The number of hydrogen-bond acceptors (Lipinski definition) is 12. The van der Waals surface area contributed by atoms with Gasteiger partial charge in [0.2, 0.25) is 21.9 Å². The van der Waals surface area contributed by atoms with Gasteiger partial charge < -0.3 is 24.6 Å². The first-order valence-corrected chi connectivity index (χ1v) is 15.6. The Labute approximate surface area is 255 Å². The third-order valence-corrected chi connectivity index (χ3v) is 8.69. The summed E-state index contributed by atoms with van der Waals surface area (Å²) in [5, 5.41) is 20.9. The Hall–Kier alpha value is -4.87. The summed E-state index contributed by atoms with van der Waals surface area (Å²) >= 11 is 0.930. The van der Waals surface area contributed by atoms with Crippen molar-refractivity contribution >= 4 is 56.0 Å². The monoisotopic (exact) mass is 640 g/mol. The molecule has 1 saturated heterocycles. The van der Waals surface area contributed by atoms with Crippen LogP contribution in [0.1, 0.15) is 37.2 Å². The second kappa shape index (κ2) is 12.8. The van der Waals surface area contributed by atoms with E-state index in [1.165, 1.54) is 18.4 Å². The van der Waals surface area contributed by atoms with Crippen LogP contribution >= 0.6 is 11.3 Å². The summed E-state index contributed by atoms with van der Waals surface area (Å²) in [4.78, 5) is 53.8. The quantitative estimate of drug-likeness (QED) is 0.196. The number of anilines is 3. The zero-order chi connectivity index (χ0) is 31.4. The molecule has 0 saturated carbocycles. The van der Waals surface area contributed by atoms with Gasteiger partial charge in [0.25, 0.3) is 5.91 Å². The molecule has 230 valence electrons. The number of carbonyl (C=O) groups excluding carboxylic acids is 2. The molecule has 0 aliphatic carbocycles. The van der Waals surface area contributed by atoms with Crippen LogP contribution in [-0.2, 0) is 27.8 Å². The normalized spacial score (nSPS) is 13.5. The van der Waals surface area contributed by atoms with E-state index in [0.29, 0.717) is 43.4 Å². The number of carboxylic acids is 1. The lowest BCUT2D eigenvalue weighted by Crippen LogP contribution is -2.51. The zero-order valence-electron chi connectivity index (χ0n) is 23.4. The summed E-state index contributed by atoms with van der Waals surface area (Å²) in [7, 11) is -3.82. The molecule has 44 heavy (non-hydrogen) atoms. The van der Waals surface area contributed by atoms with Crippen LogP contribution in [0.25, 0.3) is 0 Å². The molecule has 15 nitrogen and oxygen atoms in total. The largest absolute Gasteiger partial charge is 0.477 e. The molecule has 0 unspecified atom stereocenters. The predicted octanol–water partition coefficient (Wildman–Crippen LogP) is 2.06. The minimum absolute atomic E-state index is 0.0128. The number of nitrogens with one attached hydrogen (secondary N) is 2. The molecule has 17 heteroatoms. The number of aromatic carboxylic acids is 1. The Morgan fingerprint density at radius 2 is 1.75 bits per heavy atom. The highest BCUT2D eigenvalue weighted by Gasteiger charge is 2.26. The Balaban J connectivity index is 1.30. The zero-order valence-corrected chi connectivity index (χ0v) is 25.0. The number of piperazine rings is 1. The number of hydrogen-bond donors (Lipinski definition) is 4. The molecule has 0 bridgehead atoms. The maximum absolute atomic E-state index is 13.2. The van der Waals surface area contributed by atoms with Crippen molar-refractivity contribution < 1.29 is 32.3 Å². The lowest BCUT2D eigenvalue weighted by molar-refractivity contribution is -0.132. The lowest BCUT2D eigenvalue weighted by Gasteiger charge is -2.34. The van der Waals surface area contributed by atoms with E-state index in [9.17, 15) is 27.9 Å². The molecular formula is C27H28N8O7S2. The molecule has 0 atom stereocenters. The van der Waals surface area contributed by atoms with Crippen molar-refractivity contribution in [2.75, 3.05) is 36.8 Å². The number of aryl methyl sites for hydroxylation is 1. The summed E-state index contributed by atoms with van der Waals surface area (Å²) in [6.45, 7) is 3.24. The van der Waals surface area contributed by atoms with E-state index in [1.807, 2.05) is 0 Å². The van der Waals surface area contributed by atoms with Crippen molar-refractivity contribution in [2.24, 2.45) is 5.14 Å². The minimum atomic E-state index is -3.82. The van der Waals surface area contributed by atoms with Gasteiger partial charge in [-0.15, -0.1) is 0 Å². The molecule has 0 radical (unpaired) electrons. The van der Waals surface area contributed by atoms with Gasteiger partial charge in [-0.1, -0.05) is 23.5 Å². The fourth-order valence-corrected chi connectivity index (χ4v) is 5.76. The van der Waals surface area contributed by atoms with Crippen LogP contribution < -0.4 is 15.8 Å². The topological polar surface area (TPSA) is 214 Å². The number of benzene rings is 1. The van der Waals surface area contributed by atoms with Crippen LogP contribution in [0.4, 0.5) is 16.9 Å². The van der Waals surface area contributed by atoms with E-state index in [-0.39, 0.29) is 51.4 Å². The highest BCUT2D eigenvalue weighted by Crippen LogP contribution is 2.25. The second-order valence-electron chi connectivity index (χ2n) is 9.80. The van der Waals surface area contributed by atoms with Crippen LogP contribution in [0.2, 0.25) is 0 Å². The smallest absolute Gasteiger partial charge is 0.347 e. The van der Waals surface area contributed by atoms with Gasteiger partial charge in [-0.25, -0.2) is 28.3 Å². The number of furan rings is 1. The van der Waals surface area contributed by atoms with Gasteiger partial charge in [0.15, 0.2) is 10.9 Å². The first-order chi connectivity index (χ1) is 21.0. The van der Waals surface area contributed by atoms with Gasteiger partial charge in [-0.3, -0.25) is 14.9 Å². The van der Waals surface area contributed by atoms with E-state index in [0.717, 1.165) is 16.9 Å². The van der Waals surface area contributed by atoms with Gasteiger partial charge in [0.1, 0.15) is 10.7 Å². The standard InChI is InChI=1S/C27H28N8O7S2/c1-16-23(25(38)39)43-27(30-16)33-26-31-18(13-21(32-26)29-15-17-4-6-19(7-5-17)44(28,40)41)14-22(36)34-8-10-35(11-9-34)24(37)20-3-2-12-42-20/h2-7,12-13H,8-11,14-15H2,1H3,(H,38,39)(H2,28,40,41)(H2,29,30,31,32,33). The van der Waals surface area contributed by atoms with Crippen molar-refractivity contribution in [2.45, 2.75) is 24.8 Å². The van der Waals surface area contributed by atoms with E-state index in [4.69, 9.17) is 9.56 Å². The van der Waals surface area contributed by atoms with Crippen molar-refractivity contribution in [1.29, 1.82) is 0 Å². The Morgan fingerprint density at radius 1 is 1.05 bits per heavy atom. The number of primary sulfonamides is 1. The maximum atomic E-state index is 13.2. The van der Waals surface area contributed by atoms with Crippen molar-refractivity contribution in [3.05, 3.63) is 76.3 Å². The Kier molecular flexibility index (Phi) is 8.88. The fourth-order valence-electron chi connectivity index (χ4n) is 4.45. The van der Waals surface area contributed by atoms with E-state index >= 15 is 0 Å². The molecule has 3 aromatic heterocycles. The molecule has 2 amide bonds. The average molecular weight is 641 g/mol. The van der Waals surface area contributed by atoms with Crippen molar-refractivity contribution in [1.82, 2.24) is 24.8 Å². The van der Waals surface area contributed by atoms with Gasteiger partial charge in [-0.2, -0.15) is 4.98 Å². The van der Waals surface area contributed by atoms with Gasteiger partial charge in [-0.05, 0) is 36.8 Å². The Bertz CT molecular complexity index is 1780. The number of carboxylic acid groups (broad SMARTS) is 1. The molecule has 4 aromatic rings. The van der Waals surface area contributed by atoms with Crippen molar-refractivity contribution in [3.63, 3.8) is 0 Å². The molecule has 1 aliphatic heterocycles. The molecule has 1 aliphatic rings. The lowest BCUT2D eigenvalue weighted by atomic mass is 10.2. The molecular weight excluding hydrogens is 612 g/mol. The van der Waals surface area contributed by atoms with E-state index < -0.39 is 16.0 Å². The summed E-state index contributed by atoms with van der Waals surface area (Å²) < 4.78 is 28.3. The number of amides is 2. The summed E-state index contributed by atoms with van der Waals surface area (Å²) in [6, 6.07) is 10.9. The summed E-state index contributed by atoms with van der Waals surface area (Å²) in [5.41, 5.74) is 1.47. The molecule has 1 fully saturated rings. The number of aromatic nitrogens is 3.